The second kappa shape index (κ2) is 10.8. The van der Waals surface area contributed by atoms with Gasteiger partial charge in [0.15, 0.2) is 0 Å². The van der Waals surface area contributed by atoms with Crippen LogP contribution in [-0.4, -0.2) is 13.7 Å². The fourth-order valence-electron chi connectivity index (χ4n) is 8.40. The summed E-state index contributed by atoms with van der Waals surface area (Å²) in [6.07, 6.45) is 0. The maximum atomic E-state index is 2.44. The van der Waals surface area contributed by atoms with E-state index in [0.29, 0.717) is 0 Å². The molecule has 8 aromatic carbocycles. The molecule has 3 nitrogen and oxygen atoms in total. The Morgan fingerprint density at radius 3 is 1.31 bits per heavy atom. The maximum Gasteiger partial charge on any atom is 0.0562 e. The molecule has 0 saturated heterocycles. The van der Waals surface area contributed by atoms with Gasteiger partial charge in [-0.05, 0) is 83.9 Å². The number of fused-ring (bicyclic) bond motifs is 9. The molecule has 0 fully saturated rings. The Hall–Kier alpha value is -6.84. The van der Waals surface area contributed by atoms with Crippen molar-refractivity contribution in [3.8, 4) is 28.2 Å². The molecule has 3 heteroatoms. The number of nitrogens with zero attached hydrogens (tertiary/aromatic N) is 3. The number of rotatable bonds is 4. The fourth-order valence-corrected chi connectivity index (χ4v) is 8.40. The van der Waals surface area contributed by atoms with E-state index in [1.807, 2.05) is 0 Å². The topological polar surface area (TPSA) is 14.8 Å². The van der Waals surface area contributed by atoms with Crippen molar-refractivity contribution in [3.63, 3.8) is 0 Å². The molecule has 11 aromatic rings. The van der Waals surface area contributed by atoms with Crippen LogP contribution in [-0.2, 0) is 0 Å². The van der Waals surface area contributed by atoms with Crippen molar-refractivity contribution in [2.24, 2.45) is 0 Å². The van der Waals surface area contributed by atoms with Gasteiger partial charge in [0.2, 0.25) is 0 Å². The molecule has 0 bridgehead atoms. The number of benzene rings is 8. The zero-order chi connectivity index (χ0) is 33.5. The first-order chi connectivity index (χ1) is 25.3. The lowest BCUT2D eigenvalue weighted by Crippen LogP contribution is -1.96. The first kappa shape index (κ1) is 28.0. The molecule has 0 spiro atoms. The highest BCUT2D eigenvalue weighted by atomic mass is 15.0. The third kappa shape index (κ3) is 4.12. The summed E-state index contributed by atoms with van der Waals surface area (Å²) in [4.78, 5) is 0. The summed E-state index contributed by atoms with van der Waals surface area (Å²) in [5, 5.41) is 7.51. The van der Waals surface area contributed by atoms with Crippen molar-refractivity contribution in [2.45, 2.75) is 0 Å². The third-order valence-electron chi connectivity index (χ3n) is 10.6. The van der Waals surface area contributed by atoms with E-state index in [4.69, 9.17) is 0 Å². The lowest BCUT2D eigenvalue weighted by atomic mass is 10.1. The summed E-state index contributed by atoms with van der Waals surface area (Å²) < 4.78 is 7.29. The Labute approximate surface area is 294 Å². The first-order valence-electron chi connectivity index (χ1n) is 17.5. The van der Waals surface area contributed by atoms with E-state index < -0.39 is 0 Å². The Kier molecular flexibility index (Phi) is 5.96. The van der Waals surface area contributed by atoms with Crippen LogP contribution in [0.15, 0.2) is 188 Å². The van der Waals surface area contributed by atoms with Gasteiger partial charge in [-0.25, -0.2) is 0 Å². The van der Waals surface area contributed by atoms with Crippen LogP contribution in [0.4, 0.5) is 0 Å². The Morgan fingerprint density at radius 2 is 0.647 bits per heavy atom. The van der Waals surface area contributed by atoms with Gasteiger partial charge < -0.3 is 13.7 Å². The minimum Gasteiger partial charge on any atom is -0.309 e. The summed E-state index contributed by atoms with van der Waals surface area (Å²) in [5.74, 6) is 0. The van der Waals surface area contributed by atoms with Gasteiger partial charge in [0, 0.05) is 49.4 Å². The van der Waals surface area contributed by atoms with Crippen LogP contribution in [0.5, 0.6) is 0 Å². The van der Waals surface area contributed by atoms with Gasteiger partial charge in [0.25, 0.3) is 0 Å². The van der Waals surface area contributed by atoms with E-state index in [1.165, 1.54) is 76.5 Å². The molecule has 0 aliphatic rings. The summed E-state index contributed by atoms with van der Waals surface area (Å²) >= 11 is 0. The number of hydrogen-bond acceptors (Lipinski definition) is 0. The average molecular weight is 650 g/mol. The van der Waals surface area contributed by atoms with Crippen LogP contribution in [0, 0.1) is 0 Å². The second-order valence-corrected chi connectivity index (χ2v) is 13.4. The van der Waals surface area contributed by atoms with E-state index in [9.17, 15) is 0 Å². The molecule has 3 heterocycles. The van der Waals surface area contributed by atoms with Crippen LogP contribution >= 0.6 is 0 Å². The van der Waals surface area contributed by atoms with Gasteiger partial charge in [-0.15, -0.1) is 0 Å². The molecule has 11 rings (SSSR count). The molecule has 3 aromatic heterocycles. The Balaban J connectivity index is 1.24. The highest BCUT2D eigenvalue weighted by Crippen LogP contribution is 2.41. The second-order valence-electron chi connectivity index (χ2n) is 13.4. The van der Waals surface area contributed by atoms with Crippen LogP contribution in [0.3, 0.4) is 0 Å². The summed E-state index contributed by atoms with van der Waals surface area (Å²) in [5.41, 5.74) is 13.1. The van der Waals surface area contributed by atoms with E-state index in [0.717, 1.165) is 17.1 Å². The molecule has 0 radical (unpaired) electrons. The molecule has 0 aliphatic heterocycles. The van der Waals surface area contributed by atoms with Crippen molar-refractivity contribution < 1.29 is 0 Å². The Bertz CT molecular complexity index is 3070. The summed E-state index contributed by atoms with van der Waals surface area (Å²) in [7, 11) is 0. The highest BCUT2D eigenvalue weighted by molar-refractivity contribution is 6.19. The normalized spacial score (nSPS) is 11.9. The predicted molar refractivity (Wildman–Crippen MR) is 215 cm³/mol. The van der Waals surface area contributed by atoms with Crippen LogP contribution in [0.25, 0.3) is 93.6 Å². The van der Waals surface area contributed by atoms with Gasteiger partial charge in [0.1, 0.15) is 0 Å². The molecule has 0 amide bonds. The number of para-hydroxylation sites is 4. The molecular weight excluding hydrogens is 619 g/mol. The van der Waals surface area contributed by atoms with Gasteiger partial charge in [-0.1, -0.05) is 115 Å². The third-order valence-corrected chi connectivity index (χ3v) is 10.6. The number of hydrogen-bond donors (Lipinski definition) is 0. The van der Waals surface area contributed by atoms with Gasteiger partial charge >= 0.3 is 0 Å². The molecule has 0 N–H and O–H groups in total. The minimum absolute atomic E-state index is 1.15. The quantitative estimate of drug-likeness (QED) is 0.180. The molecular formula is C48H31N3. The van der Waals surface area contributed by atoms with Gasteiger partial charge in [0.05, 0.1) is 33.1 Å². The van der Waals surface area contributed by atoms with Crippen LogP contribution in [0.2, 0.25) is 0 Å². The average Bonchev–Trinajstić information content (AvgIpc) is 3.83. The lowest BCUT2D eigenvalue weighted by molar-refractivity contribution is 1.16. The molecule has 0 saturated carbocycles. The standard InChI is InChI=1S/C48H31N3/c1-3-14-32(15-4-1)33-16-13-19-35(28-33)51-45-25-12-9-22-39(45)41-30-42-40-29-36(50-43-23-10-7-20-37(43)38-21-8-11-24-44(38)50)26-27-46(40)49(48(42)31-47(41)51)34-17-5-2-6-18-34/h1-31H. The van der Waals surface area contributed by atoms with Crippen molar-refractivity contribution in [3.05, 3.63) is 188 Å². The SMILES string of the molecule is c1ccc(-c2cccc(-n3c4ccccc4c4cc5c6cc(-n7c8ccccc8c8ccccc87)ccc6n(-c6ccccc6)c5cc43)c2)cc1. The maximum absolute atomic E-state index is 2.44. The largest absolute Gasteiger partial charge is 0.309 e. The van der Waals surface area contributed by atoms with E-state index >= 15 is 0 Å². The predicted octanol–water partition coefficient (Wildman–Crippen LogP) is 12.6. The van der Waals surface area contributed by atoms with E-state index in [1.54, 1.807) is 0 Å². The van der Waals surface area contributed by atoms with Crippen molar-refractivity contribution in [2.75, 3.05) is 0 Å². The highest BCUT2D eigenvalue weighted by Gasteiger charge is 2.20. The number of aromatic nitrogens is 3. The zero-order valence-electron chi connectivity index (χ0n) is 27.7. The van der Waals surface area contributed by atoms with Crippen molar-refractivity contribution >= 4 is 65.4 Å². The van der Waals surface area contributed by atoms with Gasteiger partial charge in [-0.3, -0.25) is 0 Å². The summed E-state index contributed by atoms with van der Waals surface area (Å²) in [6.45, 7) is 0. The minimum atomic E-state index is 1.15. The Morgan fingerprint density at radius 1 is 0.216 bits per heavy atom. The van der Waals surface area contributed by atoms with Crippen molar-refractivity contribution in [1.29, 1.82) is 0 Å². The molecule has 0 unspecified atom stereocenters. The lowest BCUT2D eigenvalue weighted by Gasteiger charge is -2.11. The summed E-state index contributed by atoms with van der Waals surface area (Å²) in [6, 6.07) is 68.5. The fraction of sp³-hybridized carbons (Fsp3) is 0. The van der Waals surface area contributed by atoms with Crippen LogP contribution < -0.4 is 0 Å². The smallest absolute Gasteiger partial charge is 0.0562 e. The van der Waals surface area contributed by atoms with Crippen LogP contribution in [0.1, 0.15) is 0 Å². The molecule has 238 valence electrons. The van der Waals surface area contributed by atoms with E-state index in [2.05, 4.69) is 202 Å². The molecule has 0 aliphatic carbocycles. The zero-order valence-corrected chi connectivity index (χ0v) is 27.7. The monoisotopic (exact) mass is 649 g/mol. The molecule has 0 atom stereocenters. The molecule has 51 heavy (non-hydrogen) atoms. The first-order valence-corrected chi connectivity index (χ1v) is 17.5. The van der Waals surface area contributed by atoms with Gasteiger partial charge in [-0.2, -0.15) is 0 Å². The van der Waals surface area contributed by atoms with E-state index in [-0.39, 0.29) is 0 Å². The van der Waals surface area contributed by atoms with Crippen molar-refractivity contribution in [1.82, 2.24) is 13.7 Å².